The van der Waals surface area contributed by atoms with E-state index in [-0.39, 0.29) is 13.1 Å². The first-order valence-corrected chi connectivity index (χ1v) is 6.45. The monoisotopic (exact) mass is 239 g/mol. The van der Waals surface area contributed by atoms with Crippen LogP contribution in [0.5, 0.6) is 0 Å². The maximum atomic E-state index is 11.3. The molecule has 90 valence electrons. The second kappa shape index (κ2) is 3.99. The predicted octanol–water partition coefficient (Wildman–Crippen LogP) is -1.61. The first-order valence-electron chi connectivity index (χ1n) is 4.60. The van der Waals surface area contributed by atoms with Gasteiger partial charge in [-0.3, -0.25) is 0 Å². The SMILES string of the molecule is CO[C@H]1CN(S(C)(=O)=O)C[C@]1(O)[C@H](C)O. The molecule has 2 N–H and O–H groups in total. The van der Waals surface area contributed by atoms with Gasteiger partial charge < -0.3 is 14.9 Å². The minimum absolute atomic E-state index is 0.0662. The Morgan fingerprint density at radius 1 is 1.60 bits per heavy atom. The summed E-state index contributed by atoms with van der Waals surface area (Å²) < 4.78 is 28.7. The molecule has 0 spiro atoms. The Bertz CT molecular complexity index is 328. The minimum atomic E-state index is -3.37. The highest BCUT2D eigenvalue weighted by atomic mass is 32.2. The summed E-state index contributed by atoms with van der Waals surface area (Å²) >= 11 is 0. The Morgan fingerprint density at radius 2 is 2.13 bits per heavy atom. The summed E-state index contributed by atoms with van der Waals surface area (Å²) in [4.78, 5) is 0. The van der Waals surface area contributed by atoms with Crippen molar-refractivity contribution in [3.63, 3.8) is 0 Å². The van der Waals surface area contributed by atoms with Crippen LogP contribution in [0.4, 0.5) is 0 Å². The highest BCUT2D eigenvalue weighted by molar-refractivity contribution is 7.88. The number of ether oxygens (including phenoxy) is 1. The molecular weight excluding hydrogens is 222 g/mol. The zero-order chi connectivity index (χ0) is 11.9. The van der Waals surface area contributed by atoms with E-state index in [1.807, 2.05) is 0 Å². The third-order valence-corrected chi connectivity index (χ3v) is 4.05. The molecule has 1 rings (SSSR count). The largest absolute Gasteiger partial charge is 0.390 e. The number of sulfonamides is 1. The van der Waals surface area contributed by atoms with Crippen LogP contribution in [0.1, 0.15) is 6.92 Å². The van der Waals surface area contributed by atoms with Crippen LogP contribution in [0.2, 0.25) is 0 Å². The van der Waals surface area contributed by atoms with Crippen LogP contribution < -0.4 is 0 Å². The summed E-state index contributed by atoms with van der Waals surface area (Å²) in [5.74, 6) is 0. The molecule has 0 aliphatic carbocycles. The molecule has 7 heteroatoms. The number of β-amino-alcohol motifs (C(OH)–C–C–N with tert-alkyl or cyclic N) is 1. The zero-order valence-corrected chi connectivity index (χ0v) is 9.86. The Kier molecular flexibility index (Phi) is 3.42. The smallest absolute Gasteiger partial charge is 0.211 e. The number of hydrogen-bond acceptors (Lipinski definition) is 5. The van der Waals surface area contributed by atoms with Gasteiger partial charge in [0.15, 0.2) is 0 Å². The van der Waals surface area contributed by atoms with Crippen molar-refractivity contribution in [2.24, 2.45) is 0 Å². The summed E-state index contributed by atoms with van der Waals surface area (Å²) in [6, 6.07) is 0. The van der Waals surface area contributed by atoms with Gasteiger partial charge in [-0.2, -0.15) is 4.31 Å². The van der Waals surface area contributed by atoms with Crippen molar-refractivity contribution in [3.05, 3.63) is 0 Å². The minimum Gasteiger partial charge on any atom is -0.390 e. The van der Waals surface area contributed by atoms with Crippen molar-refractivity contribution in [1.82, 2.24) is 4.31 Å². The molecule has 1 aliphatic rings. The average Bonchev–Trinajstić information content (AvgIpc) is 2.43. The molecule has 0 bridgehead atoms. The molecule has 0 aromatic heterocycles. The molecule has 3 atom stereocenters. The standard InChI is InChI=1S/C8H17NO5S/c1-6(10)8(11)5-9(15(3,12)13)4-7(8)14-2/h6-7,10-11H,4-5H2,1-3H3/t6-,7-,8-/m0/s1. The molecule has 1 fully saturated rings. The Morgan fingerprint density at radius 3 is 2.40 bits per heavy atom. The number of rotatable bonds is 3. The van der Waals surface area contributed by atoms with E-state index in [4.69, 9.17) is 4.74 Å². The van der Waals surface area contributed by atoms with Crippen LogP contribution in [0.15, 0.2) is 0 Å². The summed E-state index contributed by atoms with van der Waals surface area (Å²) in [7, 11) is -1.99. The van der Waals surface area contributed by atoms with Gasteiger partial charge in [0.05, 0.1) is 12.4 Å². The van der Waals surface area contributed by atoms with E-state index >= 15 is 0 Å². The van der Waals surface area contributed by atoms with Crippen molar-refractivity contribution >= 4 is 10.0 Å². The Labute approximate surface area is 89.5 Å². The fourth-order valence-corrected chi connectivity index (χ4v) is 2.57. The summed E-state index contributed by atoms with van der Waals surface area (Å²) in [5.41, 5.74) is -1.53. The van der Waals surface area contributed by atoms with E-state index in [0.717, 1.165) is 10.6 Å². The summed E-state index contributed by atoms with van der Waals surface area (Å²) in [6.45, 7) is 1.34. The van der Waals surface area contributed by atoms with E-state index in [1.54, 1.807) is 0 Å². The van der Waals surface area contributed by atoms with E-state index in [1.165, 1.54) is 14.0 Å². The Balaban J connectivity index is 2.94. The van der Waals surface area contributed by atoms with Crippen LogP contribution in [-0.4, -0.2) is 67.2 Å². The Hall–Kier alpha value is -0.210. The van der Waals surface area contributed by atoms with Gasteiger partial charge >= 0.3 is 0 Å². The van der Waals surface area contributed by atoms with Gasteiger partial charge in [-0.25, -0.2) is 8.42 Å². The highest BCUT2D eigenvalue weighted by Crippen LogP contribution is 2.28. The van der Waals surface area contributed by atoms with Crippen LogP contribution >= 0.6 is 0 Å². The lowest BCUT2D eigenvalue weighted by atomic mass is 9.94. The molecule has 6 nitrogen and oxygen atoms in total. The molecule has 0 amide bonds. The lowest BCUT2D eigenvalue weighted by molar-refractivity contribution is -0.124. The lowest BCUT2D eigenvalue weighted by Crippen LogP contribution is -2.51. The van der Waals surface area contributed by atoms with Gasteiger partial charge in [-0.05, 0) is 6.92 Å². The second-order valence-corrected chi connectivity index (χ2v) is 5.93. The molecule has 15 heavy (non-hydrogen) atoms. The molecule has 0 unspecified atom stereocenters. The fourth-order valence-electron chi connectivity index (χ4n) is 1.72. The van der Waals surface area contributed by atoms with E-state index in [9.17, 15) is 18.6 Å². The number of methoxy groups -OCH3 is 1. The first-order chi connectivity index (χ1) is 6.71. The van der Waals surface area contributed by atoms with Gasteiger partial charge in [-0.15, -0.1) is 0 Å². The molecular formula is C8H17NO5S. The molecule has 0 saturated carbocycles. The fraction of sp³-hybridized carbons (Fsp3) is 1.00. The van der Waals surface area contributed by atoms with Crippen molar-refractivity contribution in [3.8, 4) is 0 Å². The summed E-state index contributed by atoms with van der Waals surface area (Å²) in [5, 5.41) is 19.5. The number of nitrogens with zero attached hydrogens (tertiary/aromatic N) is 1. The topological polar surface area (TPSA) is 87.1 Å². The van der Waals surface area contributed by atoms with Gasteiger partial charge in [-0.1, -0.05) is 0 Å². The van der Waals surface area contributed by atoms with Gasteiger partial charge in [0.2, 0.25) is 10.0 Å². The van der Waals surface area contributed by atoms with E-state index in [0.29, 0.717) is 0 Å². The molecule has 0 aromatic carbocycles. The van der Waals surface area contributed by atoms with Gasteiger partial charge in [0.1, 0.15) is 11.7 Å². The van der Waals surface area contributed by atoms with Crippen molar-refractivity contribution < 1.29 is 23.4 Å². The predicted molar refractivity (Wildman–Crippen MR) is 53.8 cm³/mol. The van der Waals surface area contributed by atoms with Crippen LogP contribution in [0, 0.1) is 0 Å². The maximum Gasteiger partial charge on any atom is 0.211 e. The number of aliphatic hydroxyl groups excluding tert-OH is 1. The second-order valence-electron chi connectivity index (χ2n) is 3.95. The van der Waals surface area contributed by atoms with Crippen molar-refractivity contribution in [2.75, 3.05) is 26.5 Å². The molecule has 1 heterocycles. The summed E-state index contributed by atoms with van der Waals surface area (Å²) in [6.07, 6.45) is -0.686. The van der Waals surface area contributed by atoms with Crippen LogP contribution in [0.25, 0.3) is 0 Å². The van der Waals surface area contributed by atoms with Crippen molar-refractivity contribution in [1.29, 1.82) is 0 Å². The van der Waals surface area contributed by atoms with E-state index < -0.39 is 27.8 Å². The number of hydrogen-bond donors (Lipinski definition) is 2. The number of aliphatic hydroxyl groups is 2. The third-order valence-electron chi connectivity index (χ3n) is 2.83. The molecule has 1 aliphatic heterocycles. The maximum absolute atomic E-state index is 11.3. The zero-order valence-electron chi connectivity index (χ0n) is 9.04. The molecule has 0 radical (unpaired) electrons. The lowest BCUT2D eigenvalue weighted by Gasteiger charge is -2.30. The normalized spacial score (nSPS) is 35.7. The average molecular weight is 239 g/mol. The van der Waals surface area contributed by atoms with Gasteiger partial charge in [0.25, 0.3) is 0 Å². The molecule has 0 aromatic rings. The first kappa shape index (κ1) is 12.9. The third kappa shape index (κ3) is 2.31. The molecule has 1 saturated heterocycles. The van der Waals surface area contributed by atoms with Gasteiger partial charge in [0, 0.05) is 20.2 Å². The quantitative estimate of drug-likeness (QED) is 0.618. The van der Waals surface area contributed by atoms with Crippen molar-refractivity contribution in [2.45, 2.75) is 24.7 Å². The van der Waals surface area contributed by atoms with E-state index in [2.05, 4.69) is 0 Å². The van der Waals surface area contributed by atoms with Crippen LogP contribution in [-0.2, 0) is 14.8 Å². The highest BCUT2D eigenvalue weighted by Gasteiger charge is 2.51. The van der Waals surface area contributed by atoms with Crippen LogP contribution in [0.3, 0.4) is 0 Å².